The van der Waals surface area contributed by atoms with Crippen LogP contribution in [0.3, 0.4) is 0 Å². The second-order valence-corrected chi connectivity index (χ2v) is 9.76. The minimum Gasteiger partial charge on any atom is -0.259 e. The molecular weight excluding hydrogens is 378 g/mol. The third-order valence-corrected chi connectivity index (χ3v) is 7.96. The van der Waals surface area contributed by atoms with Crippen LogP contribution in [0, 0.1) is 0 Å². The van der Waals surface area contributed by atoms with Crippen molar-refractivity contribution < 1.29 is 13.4 Å². The maximum Gasteiger partial charge on any atom is 0.274 e. The van der Waals surface area contributed by atoms with Gasteiger partial charge in [-0.2, -0.15) is 4.31 Å². The highest BCUT2D eigenvalue weighted by Crippen LogP contribution is 2.29. The van der Waals surface area contributed by atoms with Gasteiger partial charge < -0.3 is 0 Å². The van der Waals surface area contributed by atoms with Gasteiger partial charge in [0.25, 0.3) is 15.8 Å². The molecule has 0 amide bonds. The Bertz CT molecular complexity index is 1010. The Morgan fingerprint density at radius 2 is 1.72 bits per heavy atom. The van der Waals surface area contributed by atoms with Crippen molar-refractivity contribution in [1.29, 1.82) is 0 Å². The number of fused-ring (bicyclic) bond motifs is 1. The quantitative estimate of drug-likeness (QED) is 0.686. The average molecular weight is 395 g/mol. The number of nitrogens with one attached hydrogen (secondary N) is 1. The molecular formula is C17H17ClN3O2S2+. The van der Waals surface area contributed by atoms with E-state index in [-0.39, 0.29) is 0 Å². The van der Waals surface area contributed by atoms with E-state index in [1.54, 1.807) is 12.1 Å². The van der Waals surface area contributed by atoms with Crippen molar-refractivity contribution in [3.05, 3.63) is 52.9 Å². The summed E-state index contributed by atoms with van der Waals surface area (Å²) < 4.78 is 27.7. The fourth-order valence-corrected chi connectivity index (χ4v) is 6.08. The molecule has 3 heterocycles. The normalized spacial score (nSPS) is 16.4. The number of thiophene rings is 1. The summed E-state index contributed by atoms with van der Waals surface area (Å²) in [5, 5.41) is 1.15. The molecule has 3 aromatic rings. The molecule has 1 fully saturated rings. The highest BCUT2D eigenvalue weighted by molar-refractivity contribution is 7.91. The molecule has 25 heavy (non-hydrogen) atoms. The van der Waals surface area contributed by atoms with E-state index in [1.165, 1.54) is 4.31 Å². The first-order chi connectivity index (χ1) is 12.0. The van der Waals surface area contributed by atoms with Gasteiger partial charge in [0, 0.05) is 11.5 Å². The highest BCUT2D eigenvalue weighted by atomic mass is 35.5. The lowest BCUT2D eigenvalue weighted by Gasteiger charge is -2.29. The number of sulfonamides is 1. The number of aromatic amines is 1. The summed E-state index contributed by atoms with van der Waals surface area (Å²) in [5.41, 5.74) is 1.07. The summed E-state index contributed by atoms with van der Waals surface area (Å²) in [4.78, 5) is 5.61. The first kappa shape index (κ1) is 16.8. The molecule has 0 unspecified atom stereocenters. The molecule has 0 atom stereocenters. The minimum absolute atomic E-state index is 0.309. The second-order valence-electron chi connectivity index (χ2n) is 5.88. The Morgan fingerprint density at radius 1 is 0.960 bits per heavy atom. The molecule has 0 saturated carbocycles. The molecule has 1 saturated heterocycles. The monoisotopic (exact) mass is 394 g/mol. The van der Waals surface area contributed by atoms with Gasteiger partial charge in [0.05, 0.1) is 30.5 Å². The van der Waals surface area contributed by atoms with Gasteiger partial charge in [-0.3, -0.25) is 4.90 Å². The van der Waals surface area contributed by atoms with E-state index in [0.29, 0.717) is 34.7 Å². The first-order valence-electron chi connectivity index (χ1n) is 7.95. The summed E-state index contributed by atoms with van der Waals surface area (Å²) in [6.45, 7) is 2.21. The number of H-pyrrole nitrogens is 1. The largest absolute Gasteiger partial charge is 0.274 e. The topological polar surface area (TPSA) is 54.8 Å². The van der Waals surface area contributed by atoms with E-state index < -0.39 is 10.0 Å². The van der Waals surface area contributed by atoms with Crippen LogP contribution in [0.1, 0.15) is 0 Å². The first-order valence-corrected chi connectivity index (χ1v) is 10.6. The number of piperazine rings is 1. The van der Waals surface area contributed by atoms with E-state index in [1.807, 2.05) is 24.3 Å². The predicted octanol–water partition coefficient (Wildman–Crippen LogP) is 2.88. The number of hydrogen-bond acceptors (Lipinski definition) is 4. The van der Waals surface area contributed by atoms with Crippen molar-refractivity contribution in [2.45, 2.75) is 4.21 Å². The van der Waals surface area contributed by atoms with Gasteiger partial charge in [0.2, 0.25) is 0 Å². The number of nitrogens with zero attached hydrogens (tertiary/aromatic N) is 2. The SMILES string of the molecule is O=S(=O)(c1ccc(Cl)s1)N1CCN(c2ccc3ccccc3[nH+]2)CC1. The Morgan fingerprint density at radius 3 is 2.44 bits per heavy atom. The predicted molar refractivity (Wildman–Crippen MR) is 101 cm³/mol. The Balaban J connectivity index is 1.50. The van der Waals surface area contributed by atoms with Gasteiger partial charge in [-0.25, -0.2) is 13.4 Å². The zero-order valence-electron chi connectivity index (χ0n) is 13.4. The molecule has 1 aromatic carbocycles. The molecule has 1 aliphatic rings. The molecule has 0 radical (unpaired) electrons. The van der Waals surface area contributed by atoms with Crippen LogP contribution in [0.5, 0.6) is 0 Å². The van der Waals surface area contributed by atoms with Crippen molar-refractivity contribution in [1.82, 2.24) is 4.31 Å². The van der Waals surface area contributed by atoms with Crippen LogP contribution in [-0.2, 0) is 10.0 Å². The Kier molecular flexibility index (Phi) is 4.41. The zero-order chi connectivity index (χ0) is 17.4. The number of hydrogen-bond donors (Lipinski definition) is 0. The zero-order valence-corrected chi connectivity index (χ0v) is 15.7. The summed E-state index contributed by atoms with van der Waals surface area (Å²) in [6, 6.07) is 15.4. The van der Waals surface area contributed by atoms with E-state index in [2.05, 4.69) is 22.0 Å². The van der Waals surface area contributed by atoms with Crippen LogP contribution in [0.25, 0.3) is 10.9 Å². The maximum absolute atomic E-state index is 12.7. The fraction of sp³-hybridized carbons (Fsp3) is 0.235. The van der Waals surface area contributed by atoms with Crippen molar-refractivity contribution >= 4 is 49.7 Å². The molecule has 130 valence electrons. The van der Waals surface area contributed by atoms with Crippen LogP contribution in [0.2, 0.25) is 4.34 Å². The number of benzene rings is 1. The average Bonchev–Trinajstić information content (AvgIpc) is 3.09. The van der Waals surface area contributed by atoms with Crippen molar-refractivity contribution in [2.75, 3.05) is 31.1 Å². The Hall–Kier alpha value is -1.67. The molecule has 2 aromatic heterocycles. The second kappa shape index (κ2) is 6.57. The van der Waals surface area contributed by atoms with E-state index in [4.69, 9.17) is 11.6 Å². The number of rotatable bonds is 3. The smallest absolute Gasteiger partial charge is 0.259 e. The Labute approximate surface area is 155 Å². The number of pyridine rings is 1. The lowest BCUT2D eigenvalue weighted by atomic mass is 10.2. The molecule has 1 aliphatic heterocycles. The van der Waals surface area contributed by atoms with Crippen LogP contribution in [0.4, 0.5) is 5.82 Å². The van der Waals surface area contributed by atoms with Crippen LogP contribution < -0.4 is 9.88 Å². The van der Waals surface area contributed by atoms with Gasteiger partial charge in [0.1, 0.15) is 9.73 Å². The molecule has 0 aliphatic carbocycles. The van der Waals surface area contributed by atoms with Gasteiger partial charge >= 0.3 is 0 Å². The van der Waals surface area contributed by atoms with Crippen LogP contribution in [0.15, 0.2) is 52.7 Å². The van der Waals surface area contributed by atoms with Crippen molar-refractivity contribution in [2.24, 2.45) is 0 Å². The minimum atomic E-state index is -3.45. The molecule has 0 bridgehead atoms. The van der Waals surface area contributed by atoms with Crippen LogP contribution >= 0.6 is 22.9 Å². The van der Waals surface area contributed by atoms with Gasteiger partial charge in [-0.15, -0.1) is 11.3 Å². The van der Waals surface area contributed by atoms with Gasteiger partial charge in [0.15, 0.2) is 0 Å². The maximum atomic E-state index is 12.7. The summed E-state index contributed by atoms with van der Waals surface area (Å²) in [5.74, 6) is 1.01. The standard InChI is InChI=1S/C17H16ClN3O2S2/c18-15-6-8-17(24-15)25(22,23)21-11-9-20(10-12-21)16-7-5-13-3-1-2-4-14(13)19-16/h1-8H,9-12H2/p+1. The summed E-state index contributed by atoms with van der Waals surface area (Å²) in [7, 11) is -3.45. The third-order valence-electron chi connectivity index (χ3n) is 4.37. The molecule has 5 nitrogen and oxygen atoms in total. The van der Waals surface area contributed by atoms with E-state index in [9.17, 15) is 8.42 Å². The summed E-state index contributed by atoms with van der Waals surface area (Å²) >= 11 is 6.98. The number of aromatic nitrogens is 1. The molecule has 4 rings (SSSR count). The number of halogens is 1. The lowest BCUT2D eigenvalue weighted by molar-refractivity contribution is -0.330. The number of anilines is 1. The van der Waals surface area contributed by atoms with E-state index in [0.717, 1.165) is 28.1 Å². The molecule has 0 spiro atoms. The van der Waals surface area contributed by atoms with E-state index >= 15 is 0 Å². The molecule has 8 heteroatoms. The van der Waals surface area contributed by atoms with Gasteiger partial charge in [-0.05, 0) is 24.3 Å². The third kappa shape index (κ3) is 3.25. The van der Waals surface area contributed by atoms with Crippen molar-refractivity contribution in [3.63, 3.8) is 0 Å². The lowest BCUT2D eigenvalue weighted by Crippen LogP contribution is -2.49. The van der Waals surface area contributed by atoms with Gasteiger partial charge in [-0.1, -0.05) is 29.8 Å². The highest BCUT2D eigenvalue weighted by Gasteiger charge is 2.32. The molecule has 1 N–H and O–H groups in total. The van der Waals surface area contributed by atoms with Crippen molar-refractivity contribution in [3.8, 4) is 0 Å². The number of para-hydroxylation sites is 1. The summed E-state index contributed by atoms with van der Waals surface area (Å²) in [6.07, 6.45) is 0. The van der Waals surface area contributed by atoms with Crippen LogP contribution in [-0.4, -0.2) is 38.9 Å². The fourth-order valence-electron chi connectivity index (χ4n) is 3.02.